The number of aliphatic hydroxyl groups is 1. The van der Waals surface area contributed by atoms with E-state index in [4.69, 9.17) is 9.47 Å². The maximum Gasteiger partial charge on any atom is 0.317 e. The Morgan fingerprint density at radius 2 is 1.80 bits per heavy atom. The van der Waals surface area contributed by atoms with Crippen LogP contribution in [0.4, 0.5) is 10.5 Å². The smallest absolute Gasteiger partial charge is 0.317 e. The van der Waals surface area contributed by atoms with Gasteiger partial charge in [-0.2, -0.15) is 0 Å². The summed E-state index contributed by atoms with van der Waals surface area (Å²) in [5.74, 6) is -0.293. The van der Waals surface area contributed by atoms with E-state index >= 15 is 0 Å². The van der Waals surface area contributed by atoms with Gasteiger partial charge in [-0.1, -0.05) is 24.6 Å². The highest BCUT2D eigenvalue weighted by molar-refractivity contribution is 7.92. The summed E-state index contributed by atoms with van der Waals surface area (Å²) in [7, 11) is -2.21. The molecule has 2 aromatic rings. The van der Waals surface area contributed by atoms with Crippen LogP contribution in [0.1, 0.15) is 69.8 Å². The van der Waals surface area contributed by atoms with E-state index in [0.717, 1.165) is 18.4 Å². The van der Waals surface area contributed by atoms with Crippen molar-refractivity contribution < 1.29 is 32.6 Å². The van der Waals surface area contributed by atoms with Crippen molar-refractivity contribution >= 4 is 27.6 Å². The third-order valence-electron chi connectivity index (χ3n) is 7.85. The first-order valence-electron chi connectivity index (χ1n) is 15.7. The Morgan fingerprint density at radius 3 is 2.44 bits per heavy atom. The number of carbonyl (C=O) groups is 2. The summed E-state index contributed by atoms with van der Waals surface area (Å²) >= 11 is 0. The van der Waals surface area contributed by atoms with Gasteiger partial charge in [0, 0.05) is 44.4 Å². The van der Waals surface area contributed by atoms with Gasteiger partial charge in [0.25, 0.3) is 15.9 Å². The number of fused-ring (bicyclic) bond motifs is 1. The number of carbonyl (C=O) groups excluding carboxylic acids is 2. The van der Waals surface area contributed by atoms with Crippen LogP contribution in [-0.4, -0.2) is 92.9 Å². The monoisotopic (exact) mass is 646 g/mol. The zero-order chi connectivity index (χ0) is 33.3. The summed E-state index contributed by atoms with van der Waals surface area (Å²) in [5, 5.41) is 13.1. The lowest BCUT2D eigenvalue weighted by molar-refractivity contribution is -0.0122. The number of benzene rings is 2. The molecule has 1 heterocycles. The van der Waals surface area contributed by atoms with Crippen molar-refractivity contribution in [2.24, 2.45) is 5.92 Å². The Labute approximate surface area is 268 Å². The fourth-order valence-electron chi connectivity index (χ4n) is 5.09. The number of ether oxygens (including phenoxy) is 2. The number of amides is 3. The number of nitrogens with one attached hydrogen (secondary N) is 2. The number of aryl methyl sites for hydroxylation is 1. The van der Waals surface area contributed by atoms with Gasteiger partial charge in [0.05, 0.1) is 35.3 Å². The number of urea groups is 1. The Kier molecular flexibility index (Phi) is 13.1. The van der Waals surface area contributed by atoms with Crippen LogP contribution in [0.5, 0.6) is 5.75 Å². The van der Waals surface area contributed by atoms with Crippen molar-refractivity contribution in [2.75, 3.05) is 38.1 Å². The van der Waals surface area contributed by atoms with Gasteiger partial charge in [0.15, 0.2) is 0 Å². The lowest BCUT2D eigenvalue weighted by atomic mass is 10.0. The molecule has 11 nitrogen and oxygen atoms in total. The van der Waals surface area contributed by atoms with Gasteiger partial charge in [0.2, 0.25) is 0 Å². The van der Waals surface area contributed by atoms with Crippen LogP contribution in [0.2, 0.25) is 0 Å². The number of aliphatic hydroxyl groups excluding tert-OH is 1. The Balaban J connectivity index is 1.98. The predicted molar refractivity (Wildman–Crippen MR) is 175 cm³/mol. The SMILES string of the molecule is Cc1ccc(S(=O)(=O)Nc2ccc3c(c2)C(=O)N([C@H](C)CO)C[C@H](C)[C@H](CN(C)C(=O)NC(C)C)OCCCC[C@@H](C)O3)cc1. The summed E-state index contributed by atoms with van der Waals surface area (Å²) in [6.07, 6.45) is 1.74. The molecule has 3 rings (SSSR count). The molecule has 45 heavy (non-hydrogen) atoms. The van der Waals surface area contributed by atoms with Gasteiger partial charge >= 0.3 is 6.03 Å². The molecular weight excluding hydrogens is 596 g/mol. The zero-order valence-electron chi connectivity index (χ0n) is 27.6. The maximum atomic E-state index is 14.3. The third-order valence-corrected chi connectivity index (χ3v) is 9.24. The highest BCUT2D eigenvalue weighted by Crippen LogP contribution is 2.29. The molecule has 1 aliphatic heterocycles. The summed E-state index contributed by atoms with van der Waals surface area (Å²) in [6.45, 7) is 12.0. The van der Waals surface area contributed by atoms with Gasteiger partial charge in [-0.05, 0) is 84.2 Å². The minimum absolute atomic E-state index is 0.0173. The standard InChI is InChI=1S/C33H50N4O7S/c1-22(2)34-33(40)36(7)20-31-24(4)19-37(25(5)21-38)32(39)29-18-27(35-45(41,42)28-14-11-23(3)12-15-28)13-16-30(29)44-26(6)10-8-9-17-43-31/h11-16,18,22,24-26,31,35,38H,8-10,17,19-21H2,1-7H3,(H,34,40)/t24-,25+,26+,31-/m0/s1. The molecule has 0 spiro atoms. The van der Waals surface area contributed by atoms with Gasteiger partial charge in [-0.25, -0.2) is 13.2 Å². The van der Waals surface area contributed by atoms with Gasteiger partial charge in [0.1, 0.15) is 5.75 Å². The zero-order valence-corrected chi connectivity index (χ0v) is 28.4. The first-order chi connectivity index (χ1) is 21.2. The highest BCUT2D eigenvalue weighted by Gasteiger charge is 2.31. The number of anilines is 1. The van der Waals surface area contributed by atoms with Gasteiger partial charge < -0.3 is 29.7 Å². The van der Waals surface area contributed by atoms with Crippen molar-refractivity contribution in [3.05, 3.63) is 53.6 Å². The first-order valence-corrected chi connectivity index (χ1v) is 17.1. The van der Waals surface area contributed by atoms with E-state index in [1.165, 1.54) is 18.2 Å². The van der Waals surface area contributed by atoms with Crippen LogP contribution >= 0.6 is 0 Å². The Hall–Kier alpha value is -3.35. The number of hydrogen-bond acceptors (Lipinski definition) is 7. The van der Waals surface area contributed by atoms with Gasteiger partial charge in [-0.3, -0.25) is 9.52 Å². The molecule has 0 fully saturated rings. The average molecular weight is 647 g/mol. The van der Waals surface area contributed by atoms with E-state index in [-0.39, 0.29) is 59.5 Å². The number of likely N-dealkylation sites (N-methyl/N-ethyl adjacent to an activating group) is 1. The van der Waals surface area contributed by atoms with E-state index in [1.807, 2.05) is 34.6 Å². The molecule has 12 heteroatoms. The number of nitrogens with zero attached hydrogens (tertiary/aromatic N) is 2. The average Bonchev–Trinajstić information content (AvgIpc) is 2.98. The van der Waals surface area contributed by atoms with E-state index in [9.17, 15) is 23.1 Å². The number of rotatable bonds is 8. The van der Waals surface area contributed by atoms with Crippen LogP contribution in [0.15, 0.2) is 47.4 Å². The Morgan fingerprint density at radius 1 is 1.11 bits per heavy atom. The topological polar surface area (TPSA) is 138 Å². The third kappa shape index (κ3) is 10.3. The van der Waals surface area contributed by atoms with E-state index in [0.29, 0.717) is 25.3 Å². The van der Waals surface area contributed by atoms with Crippen molar-refractivity contribution in [3.63, 3.8) is 0 Å². The molecule has 0 unspecified atom stereocenters. The van der Waals surface area contributed by atoms with Crippen molar-refractivity contribution in [3.8, 4) is 5.75 Å². The Bertz CT molecular complexity index is 1380. The molecule has 2 aromatic carbocycles. The number of sulfonamides is 1. The lowest BCUT2D eigenvalue weighted by Crippen LogP contribution is -2.49. The molecule has 0 bridgehead atoms. The fourth-order valence-corrected chi connectivity index (χ4v) is 6.14. The molecule has 3 N–H and O–H groups in total. The molecule has 4 atom stereocenters. The lowest BCUT2D eigenvalue weighted by Gasteiger charge is -2.36. The van der Waals surface area contributed by atoms with E-state index in [2.05, 4.69) is 10.0 Å². The van der Waals surface area contributed by atoms with Crippen molar-refractivity contribution in [1.29, 1.82) is 0 Å². The molecule has 0 saturated carbocycles. The van der Waals surface area contributed by atoms with Crippen LogP contribution in [0, 0.1) is 12.8 Å². The maximum absolute atomic E-state index is 14.3. The molecule has 250 valence electrons. The first kappa shape index (κ1) is 36.1. The van der Waals surface area contributed by atoms with Crippen molar-refractivity contribution in [1.82, 2.24) is 15.1 Å². The van der Waals surface area contributed by atoms with Crippen LogP contribution < -0.4 is 14.8 Å². The second kappa shape index (κ2) is 16.3. The second-order valence-electron chi connectivity index (χ2n) is 12.4. The molecular formula is C33H50N4O7S. The summed E-state index contributed by atoms with van der Waals surface area (Å²) in [5.41, 5.74) is 1.33. The fraction of sp³-hybridized carbons (Fsp3) is 0.576. The largest absolute Gasteiger partial charge is 0.490 e. The molecule has 0 aromatic heterocycles. The minimum atomic E-state index is -3.92. The van der Waals surface area contributed by atoms with Crippen LogP contribution in [0.25, 0.3) is 0 Å². The normalized spacial score (nSPS) is 20.9. The second-order valence-corrected chi connectivity index (χ2v) is 14.1. The van der Waals surface area contributed by atoms with E-state index < -0.39 is 22.0 Å². The molecule has 3 amide bonds. The molecule has 1 aliphatic rings. The summed E-state index contributed by atoms with van der Waals surface area (Å²) < 4.78 is 41.5. The van der Waals surface area contributed by atoms with Crippen LogP contribution in [0.3, 0.4) is 0 Å². The van der Waals surface area contributed by atoms with Crippen LogP contribution in [-0.2, 0) is 14.8 Å². The molecule has 0 radical (unpaired) electrons. The van der Waals surface area contributed by atoms with Gasteiger partial charge in [-0.15, -0.1) is 0 Å². The van der Waals surface area contributed by atoms with Crippen molar-refractivity contribution in [2.45, 2.75) is 90.0 Å². The summed E-state index contributed by atoms with van der Waals surface area (Å²) in [4.78, 5) is 30.2. The number of hydrogen-bond donors (Lipinski definition) is 3. The highest BCUT2D eigenvalue weighted by atomic mass is 32.2. The molecule has 0 saturated heterocycles. The predicted octanol–water partition coefficient (Wildman–Crippen LogP) is 4.64. The summed E-state index contributed by atoms with van der Waals surface area (Å²) in [6, 6.07) is 10.4. The molecule has 0 aliphatic carbocycles. The minimum Gasteiger partial charge on any atom is -0.490 e. The van der Waals surface area contributed by atoms with E-state index in [1.54, 1.807) is 48.0 Å². The quantitative estimate of drug-likeness (QED) is 0.380.